The van der Waals surface area contributed by atoms with E-state index in [9.17, 15) is 4.79 Å². The van der Waals surface area contributed by atoms with Crippen molar-refractivity contribution in [3.8, 4) is 0 Å². The molecule has 0 bridgehead atoms. The monoisotopic (exact) mass is 261 g/mol. The van der Waals surface area contributed by atoms with Crippen molar-refractivity contribution < 1.29 is 4.79 Å². The van der Waals surface area contributed by atoms with Gasteiger partial charge in [0.05, 0.1) is 17.8 Å². The molecule has 1 N–H and O–H groups in total. The van der Waals surface area contributed by atoms with Crippen molar-refractivity contribution >= 4 is 17.5 Å². The van der Waals surface area contributed by atoms with E-state index in [1.807, 2.05) is 25.1 Å². The van der Waals surface area contributed by atoms with Crippen molar-refractivity contribution in [1.29, 1.82) is 0 Å². The minimum Gasteiger partial charge on any atom is -0.346 e. The second-order valence-electron chi connectivity index (χ2n) is 3.82. The summed E-state index contributed by atoms with van der Waals surface area (Å²) >= 11 is 5.65. The lowest BCUT2D eigenvalue weighted by Crippen LogP contribution is -2.23. The topological polar surface area (TPSA) is 54.9 Å². The Morgan fingerprint density at radius 3 is 2.83 bits per heavy atom. The van der Waals surface area contributed by atoms with Gasteiger partial charge in [0.25, 0.3) is 5.91 Å². The third-order valence-corrected chi connectivity index (χ3v) is 2.59. The molecule has 2 heterocycles. The van der Waals surface area contributed by atoms with Crippen LogP contribution in [0, 0.1) is 6.92 Å². The number of amides is 1. The molecule has 2 rings (SSSR count). The largest absolute Gasteiger partial charge is 0.346 e. The highest BCUT2D eigenvalue weighted by Gasteiger charge is 2.05. The summed E-state index contributed by atoms with van der Waals surface area (Å²) < 4.78 is 0. The highest BCUT2D eigenvalue weighted by atomic mass is 35.5. The van der Waals surface area contributed by atoms with Crippen LogP contribution in [0.3, 0.4) is 0 Å². The number of nitrogens with zero attached hydrogens (tertiary/aromatic N) is 2. The molecule has 92 valence electrons. The maximum atomic E-state index is 11.8. The van der Waals surface area contributed by atoms with E-state index in [2.05, 4.69) is 15.3 Å². The minimum absolute atomic E-state index is 0.192. The molecule has 2 aromatic rings. The Morgan fingerprint density at radius 2 is 2.17 bits per heavy atom. The smallest absolute Gasteiger partial charge is 0.253 e. The molecule has 0 saturated carbocycles. The Hall–Kier alpha value is -1.94. The molecule has 0 aliphatic carbocycles. The average Bonchev–Trinajstić information content (AvgIpc) is 2.37. The molecule has 1 amide bonds. The van der Waals surface area contributed by atoms with E-state index in [1.165, 1.54) is 6.20 Å². The molecule has 0 aliphatic heterocycles. The number of pyridine rings is 2. The first-order valence-corrected chi connectivity index (χ1v) is 5.85. The third-order valence-electron chi connectivity index (χ3n) is 2.37. The van der Waals surface area contributed by atoms with E-state index in [1.54, 1.807) is 12.1 Å². The van der Waals surface area contributed by atoms with E-state index in [-0.39, 0.29) is 5.91 Å². The highest BCUT2D eigenvalue weighted by Crippen LogP contribution is 2.05. The zero-order chi connectivity index (χ0) is 13.0. The first-order chi connectivity index (χ1) is 8.65. The van der Waals surface area contributed by atoms with Crippen molar-refractivity contribution in [1.82, 2.24) is 15.3 Å². The van der Waals surface area contributed by atoms with Crippen LogP contribution in [-0.4, -0.2) is 15.9 Å². The van der Waals surface area contributed by atoms with Crippen LogP contribution in [0.25, 0.3) is 0 Å². The number of carbonyl (C=O) groups is 1. The summed E-state index contributed by atoms with van der Waals surface area (Å²) in [7, 11) is 0. The summed E-state index contributed by atoms with van der Waals surface area (Å²) in [5.41, 5.74) is 2.23. The second-order valence-corrected chi connectivity index (χ2v) is 4.21. The average molecular weight is 262 g/mol. The lowest BCUT2D eigenvalue weighted by molar-refractivity contribution is 0.0950. The van der Waals surface area contributed by atoms with E-state index >= 15 is 0 Å². The molecular formula is C13H12ClN3O. The van der Waals surface area contributed by atoms with Gasteiger partial charge in [-0.3, -0.25) is 9.78 Å². The lowest BCUT2D eigenvalue weighted by atomic mass is 10.2. The van der Waals surface area contributed by atoms with Crippen molar-refractivity contribution in [2.75, 3.05) is 0 Å². The predicted octanol–water partition coefficient (Wildman–Crippen LogP) is 2.37. The van der Waals surface area contributed by atoms with Crippen molar-refractivity contribution in [2.24, 2.45) is 0 Å². The quantitative estimate of drug-likeness (QED) is 0.863. The van der Waals surface area contributed by atoms with Gasteiger partial charge in [-0.25, -0.2) is 4.98 Å². The van der Waals surface area contributed by atoms with Crippen LogP contribution in [0.4, 0.5) is 0 Å². The Morgan fingerprint density at radius 1 is 1.33 bits per heavy atom. The first-order valence-electron chi connectivity index (χ1n) is 5.47. The van der Waals surface area contributed by atoms with Gasteiger partial charge in [-0.05, 0) is 31.2 Å². The van der Waals surface area contributed by atoms with Crippen LogP contribution in [0.5, 0.6) is 0 Å². The molecular weight excluding hydrogens is 250 g/mol. The molecule has 0 radical (unpaired) electrons. The molecule has 0 unspecified atom stereocenters. The molecule has 0 aromatic carbocycles. The zero-order valence-electron chi connectivity index (χ0n) is 9.85. The Kier molecular flexibility index (Phi) is 3.89. The Balaban J connectivity index is 1.98. The maximum absolute atomic E-state index is 11.8. The van der Waals surface area contributed by atoms with Crippen molar-refractivity contribution in [3.05, 3.63) is 58.6 Å². The summed E-state index contributed by atoms with van der Waals surface area (Å²) in [4.78, 5) is 20.0. The Labute approximate surface area is 110 Å². The number of carbonyl (C=O) groups excluding carboxylic acids is 1. The lowest BCUT2D eigenvalue weighted by Gasteiger charge is -2.05. The van der Waals surface area contributed by atoms with Gasteiger partial charge in [-0.1, -0.05) is 17.7 Å². The van der Waals surface area contributed by atoms with Crippen LogP contribution in [-0.2, 0) is 6.54 Å². The van der Waals surface area contributed by atoms with Crippen LogP contribution >= 0.6 is 11.6 Å². The number of hydrogen-bond donors (Lipinski definition) is 1. The molecule has 0 fully saturated rings. The zero-order valence-corrected chi connectivity index (χ0v) is 10.6. The molecule has 5 heteroatoms. The predicted molar refractivity (Wildman–Crippen MR) is 69.4 cm³/mol. The van der Waals surface area contributed by atoms with Gasteiger partial charge in [-0.15, -0.1) is 0 Å². The van der Waals surface area contributed by atoms with Gasteiger partial charge >= 0.3 is 0 Å². The summed E-state index contributed by atoms with van der Waals surface area (Å²) in [6.07, 6.45) is 1.45. The number of nitrogens with one attached hydrogen (secondary N) is 1. The van der Waals surface area contributed by atoms with Gasteiger partial charge in [0.1, 0.15) is 5.15 Å². The number of hydrogen-bond acceptors (Lipinski definition) is 3. The fraction of sp³-hybridized carbons (Fsp3) is 0.154. The molecule has 0 spiro atoms. The SMILES string of the molecule is Cc1cccc(CNC(=O)c2ccc(Cl)nc2)n1. The van der Waals surface area contributed by atoms with E-state index in [4.69, 9.17) is 11.6 Å². The highest BCUT2D eigenvalue weighted by molar-refractivity contribution is 6.29. The summed E-state index contributed by atoms with van der Waals surface area (Å²) in [5.74, 6) is -0.192. The van der Waals surface area contributed by atoms with Crippen LogP contribution in [0.15, 0.2) is 36.5 Å². The van der Waals surface area contributed by atoms with Gasteiger partial charge in [0, 0.05) is 11.9 Å². The summed E-state index contributed by atoms with van der Waals surface area (Å²) in [6, 6.07) is 8.91. The maximum Gasteiger partial charge on any atom is 0.253 e. The third kappa shape index (κ3) is 3.28. The molecule has 0 atom stereocenters. The van der Waals surface area contributed by atoms with E-state index in [0.717, 1.165) is 11.4 Å². The van der Waals surface area contributed by atoms with Crippen molar-refractivity contribution in [3.63, 3.8) is 0 Å². The molecule has 4 nitrogen and oxygen atoms in total. The number of aryl methyl sites for hydroxylation is 1. The number of rotatable bonds is 3. The Bertz CT molecular complexity index is 554. The number of aromatic nitrogens is 2. The molecule has 18 heavy (non-hydrogen) atoms. The van der Waals surface area contributed by atoms with Crippen LogP contribution in [0.1, 0.15) is 21.7 Å². The van der Waals surface area contributed by atoms with Gasteiger partial charge in [0.2, 0.25) is 0 Å². The fourth-order valence-corrected chi connectivity index (χ4v) is 1.59. The minimum atomic E-state index is -0.192. The molecule has 0 saturated heterocycles. The molecule has 2 aromatic heterocycles. The standard InChI is InChI=1S/C13H12ClN3O/c1-9-3-2-4-11(17-9)8-16-13(18)10-5-6-12(14)15-7-10/h2-7H,8H2,1H3,(H,16,18). The van der Waals surface area contributed by atoms with Gasteiger partial charge in [-0.2, -0.15) is 0 Å². The normalized spacial score (nSPS) is 10.1. The molecule has 0 aliphatic rings. The fourth-order valence-electron chi connectivity index (χ4n) is 1.48. The summed E-state index contributed by atoms with van der Waals surface area (Å²) in [5, 5.41) is 3.14. The van der Waals surface area contributed by atoms with Gasteiger partial charge < -0.3 is 5.32 Å². The summed E-state index contributed by atoms with van der Waals surface area (Å²) in [6.45, 7) is 2.30. The second kappa shape index (κ2) is 5.60. The van der Waals surface area contributed by atoms with Gasteiger partial charge in [0.15, 0.2) is 0 Å². The van der Waals surface area contributed by atoms with Crippen LogP contribution in [0.2, 0.25) is 5.15 Å². The first kappa shape index (κ1) is 12.5. The van der Waals surface area contributed by atoms with E-state index in [0.29, 0.717) is 17.3 Å². The van der Waals surface area contributed by atoms with Crippen molar-refractivity contribution in [2.45, 2.75) is 13.5 Å². The van der Waals surface area contributed by atoms with E-state index < -0.39 is 0 Å². The number of halogens is 1. The van der Waals surface area contributed by atoms with Crippen LogP contribution < -0.4 is 5.32 Å².